The molecule has 24 heavy (non-hydrogen) atoms. The average molecular weight is 347 g/mol. The number of halogens is 1. The first kappa shape index (κ1) is 17.8. The van der Waals surface area contributed by atoms with Crippen molar-refractivity contribution in [2.24, 2.45) is 0 Å². The number of amides is 2. The summed E-state index contributed by atoms with van der Waals surface area (Å²) < 4.78 is 5.65. The van der Waals surface area contributed by atoms with E-state index in [4.69, 9.17) is 16.3 Å². The summed E-state index contributed by atoms with van der Waals surface area (Å²) in [5.74, 6) is 0.0349. The molecule has 0 bridgehead atoms. The van der Waals surface area contributed by atoms with E-state index < -0.39 is 6.10 Å². The molecule has 126 valence electrons. The van der Waals surface area contributed by atoms with E-state index >= 15 is 0 Å². The van der Waals surface area contributed by atoms with E-state index in [0.29, 0.717) is 22.1 Å². The van der Waals surface area contributed by atoms with Crippen LogP contribution in [0.2, 0.25) is 5.02 Å². The van der Waals surface area contributed by atoms with Gasteiger partial charge in [-0.05, 0) is 49.7 Å². The van der Waals surface area contributed by atoms with Gasteiger partial charge in [0.25, 0.3) is 5.91 Å². The van der Waals surface area contributed by atoms with Crippen LogP contribution in [0.4, 0.5) is 11.4 Å². The van der Waals surface area contributed by atoms with Crippen LogP contribution in [0, 0.1) is 6.92 Å². The zero-order valence-electron chi connectivity index (χ0n) is 13.7. The minimum Gasteiger partial charge on any atom is -0.481 e. The molecule has 2 rings (SSSR count). The molecule has 0 radical (unpaired) electrons. The van der Waals surface area contributed by atoms with Crippen molar-refractivity contribution in [2.45, 2.75) is 26.9 Å². The number of para-hydroxylation sites is 2. The number of carbonyl (C=O) groups excluding carboxylic acids is 2. The molecule has 0 aliphatic heterocycles. The van der Waals surface area contributed by atoms with Crippen LogP contribution in [-0.2, 0) is 9.59 Å². The van der Waals surface area contributed by atoms with Gasteiger partial charge < -0.3 is 15.4 Å². The van der Waals surface area contributed by atoms with E-state index in [9.17, 15) is 9.59 Å². The lowest BCUT2D eigenvalue weighted by Gasteiger charge is -2.17. The maximum Gasteiger partial charge on any atom is 0.265 e. The summed E-state index contributed by atoms with van der Waals surface area (Å²) in [7, 11) is 0. The SMILES string of the molecule is CC(=O)Nc1ccccc1NC(=O)[C@@H](C)Oc1ccc(Cl)c(C)c1. The molecule has 2 aromatic carbocycles. The van der Waals surface area contributed by atoms with Gasteiger partial charge in [0.2, 0.25) is 5.91 Å². The number of aryl methyl sites for hydroxylation is 1. The summed E-state index contributed by atoms with van der Waals surface area (Å²) in [6.45, 7) is 4.93. The monoisotopic (exact) mass is 346 g/mol. The van der Waals surface area contributed by atoms with Crippen LogP contribution in [0.1, 0.15) is 19.4 Å². The third-order valence-electron chi connectivity index (χ3n) is 3.31. The van der Waals surface area contributed by atoms with Gasteiger partial charge in [0.1, 0.15) is 5.75 Å². The Morgan fingerprint density at radius 3 is 2.29 bits per heavy atom. The topological polar surface area (TPSA) is 67.4 Å². The highest BCUT2D eigenvalue weighted by Crippen LogP contribution is 2.23. The molecular weight excluding hydrogens is 328 g/mol. The van der Waals surface area contributed by atoms with Crippen LogP contribution < -0.4 is 15.4 Å². The second-order valence-corrected chi connectivity index (χ2v) is 5.79. The maximum atomic E-state index is 12.3. The van der Waals surface area contributed by atoms with Gasteiger partial charge in [-0.2, -0.15) is 0 Å². The Morgan fingerprint density at radius 1 is 1.08 bits per heavy atom. The van der Waals surface area contributed by atoms with E-state index in [0.717, 1.165) is 5.56 Å². The number of hydrogen-bond acceptors (Lipinski definition) is 3. The summed E-state index contributed by atoms with van der Waals surface area (Å²) in [5, 5.41) is 6.07. The molecule has 0 fully saturated rings. The second-order valence-electron chi connectivity index (χ2n) is 5.39. The maximum absolute atomic E-state index is 12.3. The molecule has 0 saturated heterocycles. The van der Waals surface area contributed by atoms with Crippen LogP contribution >= 0.6 is 11.6 Å². The summed E-state index contributed by atoms with van der Waals surface area (Å²) in [6, 6.07) is 12.2. The Kier molecular flexibility index (Phi) is 5.82. The molecule has 0 aliphatic carbocycles. The summed E-state index contributed by atoms with van der Waals surface area (Å²) in [6.07, 6.45) is -0.712. The number of anilines is 2. The third kappa shape index (κ3) is 4.73. The zero-order chi connectivity index (χ0) is 17.7. The highest BCUT2D eigenvalue weighted by atomic mass is 35.5. The van der Waals surface area contributed by atoms with Crippen LogP contribution in [-0.4, -0.2) is 17.9 Å². The third-order valence-corrected chi connectivity index (χ3v) is 3.73. The molecule has 0 unspecified atom stereocenters. The number of ether oxygens (including phenoxy) is 1. The summed E-state index contributed by atoms with van der Waals surface area (Å²) in [4.78, 5) is 23.6. The Morgan fingerprint density at radius 2 is 1.71 bits per heavy atom. The van der Waals surface area contributed by atoms with Gasteiger partial charge in [-0.3, -0.25) is 9.59 Å². The molecule has 2 N–H and O–H groups in total. The van der Waals surface area contributed by atoms with Crippen molar-refractivity contribution in [3.63, 3.8) is 0 Å². The highest BCUT2D eigenvalue weighted by Gasteiger charge is 2.16. The fourth-order valence-electron chi connectivity index (χ4n) is 2.07. The van der Waals surface area contributed by atoms with Crippen molar-refractivity contribution in [3.8, 4) is 5.75 Å². The number of carbonyl (C=O) groups is 2. The molecule has 0 spiro atoms. The lowest BCUT2D eigenvalue weighted by atomic mass is 10.2. The predicted octanol–water partition coefficient (Wildman–Crippen LogP) is 4.01. The standard InChI is InChI=1S/C18H19ClN2O3/c1-11-10-14(8-9-15(11)19)24-12(2)18(23)21-17-7-5-4-6-16(17)20-13(3)22/h4-10,12H,1-3H3,(H,20,22)(H,21,23)/t12-/m1/s1. The van der Waals surface area contributed by atoms with Crippen molar-refractivity contribution in [1.29, 1.82) is 0 Å². The van der Waals surface area contributed by atoms with Crippen LogP contribution in [0.15, 0.2) is 42.5 Å². The molecule has 0 heterocycles. The van der Waals surface area contributed by atoms with Crippen molar-refractivity contribution in [3.05, 3.63) is 53.1 Å². The first-order valence-electron chi connectivity index (χ1n) is 7.47. The minimum atomic E-state index is -0.712. The quantitative estimate of drug-likeness (QED) is 0.859. The minimum absolute atomic E-state index is 0.211. The van der Waals surface area contributed by atoms with Gasteiger partial charge in [-0.15, -0.1) is 0 Å². The van der Waals surface area contributed by atoms with Gasteiger partial charge in [0.15, 0.2) is 6.10 Å². The first-order chi connectivity index (χ1) is 11.4. The van der Waals surface area contributed by atoms with Gasteiger partial charge in [0.05, 0.1) is 11.4 Å². The lowest BCUT2D eigenvalue weighted by molar-refractivity contribution is -0.122. The molecule has 5 nitrogen and oxygen atoms in total. The Balaban J connectivity index is 2.06. The van der Waals surface area contributed by atoms with E-state index in [1.807, 2.05) is 6.92 Å². The molecular formula is C18H19ClN2O3. The van der Waals surface area contributed by atoms with Gasteiger partial charge in [-0.25, -0.2) is 0 Å². The summed E-state index contributed by atoms with van der Waals surface area (Å²) >= 11 is 5.98. The van der Waals surface area contributed by atoms with E-state index in [1.54, 1.807) is 49.4 Å². The number of hydrogen-bond donors (Lipinski definition) is 2. The number of nitrogens with one attached hydrogen (secondary N) is 2. The Labute approximate surface area is 146 Å². The van der Waals surface area contributed by atoms with Crippen LogP contribution in [0.3, 0.4) is 0 Å². The van der Waals surface area contributed by atoms with Crippen molar-refractivity contribution < 1.29 is 14.3 Å². The van der Waals surface area contributed by atoms with Gasteiger partial charge in [0, 0.05) is 11.9 Å². The number of rotatable bonds is 5. The Bertz CT molecular complexity index is 762. The van der Waals surface area contributed by atoms with Crippen molar-refractivity contribution >= 4 is 34.8 Å². The highest BCUT2D eigenvalue weighted by molar-refractivity contribution is 6.31. The van der Waals surface area contributed by atoms with Crippen molar-refractivity contribution in [2.75, 3.05) is 10.6 Å². The lowest BCUT2D eigenvalue weighted by Crippen LogP contribution is -2.30. The van der Waals surface area contributed by atoms with Crippen molar-refractivity contribution in [1.82, 2.24) is 0 Å². The van der Waals surface area contributed by atoms with Gasteiger partial charge >= 0.3 is 0 Å². The van der Waals surface area contributed by atoms with E-state index in [-0.39, 0.29) is 11.8 Å². The smallest absolute Gasteiger partial charge is 0.265 e. The largest absolute Gasteiger partial charge is 0.481 e. The Hall–Kier alpha value is -2.53. The normalized spacial score (nSPS) is 11.5. The molecule has 0 aliphatic rings. The molecule has 6 heteroatoms. The van der Waals surface area contributed by atoms with Crippen LogP contribution in [0.25, 0.3) is 0 Å². The fourth-order valence-corrected chi connectivity index (χ4v) is 2.19. The van der Waals surface area contributed by atoms with Crippen LogP contribution in [0.5, 0.6) is 5.75 Å². The average Bonchev–Trinajstić information content (AvgIpc) is 2.52. The van der Waals surface area contributed by atoms with E-state index in [1.165, 1.54) is 6.92 Å². The molecule has 0 saturated carbocycles. The molecule has 2 amide bonds. The molecule has 2 aromatic rings. The second kappa shape index (κ2) is 7.84. The van der Waals surface area contributed by atoms with Gasteiger partial charge in [-0.1, -0.05) is 23.7 Å². The summed E-state index contributed by atoms with van der Waals surface area (Å²) in [5.41, 5.74) is 1.92. The first-order valence-corrected chi connectivity index (χ1v) is 7.85. The number of benzene rings is 2. The predicted molar refractivity (Wildman–Crippen MR) is 95.7 cm³/mol. The fraction of sp³-hybridized carbons (Fsp3) is 0.222. The van der Waals surface area contributed by atoms with E-state index in [2.05, 4.69) is 10.6 Å². The molecule has 1 atom stereocenters. The molecule has 0 aromatic heterocycles. The zero-order valence-corrected chi connectivity index (χ0v) is 14.5.